The average Bonchev–Trinajstić information content (AvgIpc) is 3.14. The third-order valence-corrected chi connectivity index (χ3v) is 3.82. The molecule has 3 rings (SSSR count). The molecule has 24 heavy (non-hydrogen) atoms. The summed E-state index contributed by atoms with van der Waals surface area (Å²) in [6.45, 7) is 1.63. The number of carbonyl (C=O) groups is 1. The third kappa shape index (κ3) is 4.99. The normalized spacial score (nSPS) is 16.6. The first-order valence-corrected chi connectivity index (χ1v) is 8.23. The molecule has 0 saturated carbocycles. The van der Waals surface area contributed by atoms with Crippen molar-refractivity contribution in [3.63, 3.8) is 0 Å². The molecule has 0 bridgehead atoms. The maximum Gasteiger partial charge on any atom is 0.243 e. The van der Waals surface area contributed by atoms with Crippen LogP contribution in [0.25, 0.3) is 0 Å². The van der Waals surface area contributed by atoms with E-state index in [-0.39, 0.29) is 18.6 Å². The molecule has 5 nitrogen and oxygen atoms in total. The van der Waals surface area contributed by atoms with Gasteiger partial charge in [-0.25, -0.2) is 0 Å². The van der Waals surface area contributed by atoms with Crippen LogP contribution in [0.4, 0.5) is 11.4 Å². The lowest BCUT2D eigenvalue weighted by molar-refractivity contribution is -0.114. The first-order chi connectivity index (χ1) is 11.8. The number of hydrogen-bond acceptors (Lipinski definition) is 4. The fraction of sp³-hybridized carbons (Fsp3) is 0.316. The van der Waals surface area contributed by atoms with Crippen molar-refractivity contribution in [2.75, 3.05) is 30.4 Å². The predicted molar refractivity (Wildman–Crippen MR) is 94.5 cm³/mol. The zero-order valence-corrected chi connectivity index (χ0v) is 13.5. The van der Waals surface area contributed by atoms with Gasteiger partial charge in [-0.1, -0.05) is 18.2 Å². The maximum atomic E-state index is 11.9. The van der Waals surface area contributed by atoms with Gasteiger partial charge in [0.2, 0.25) is 5.91 Å². The summed E-state index contributed by atoms with van der Waals surface area (Å²) in [4.78, 5) is 11.9. The maximum absolute atomic E-state index is 11.9. The summed E-state index contributed by atoms with van der Waals surface area (Å²) < 4.78 is 11.2. The second kappa shape index (κ2) is 8.36. The Morgan fingerprint density at radius 2 is 1.88 bits per heavy atom. The molecule has 1 saturated heterocycles. The van der Waals surface area contributed by atoms with Gasteiger partial charge in [-0.15, -0.1) is 0 Å². The fourth-order valence-corrected chi connectivity index (χ4v) is 2.54. The van der Waals surface area contributed by atoms with Crippen molar-refractivity contribution >= 4 is 17.3 Å². The summed E-state index contributed by atoms with van der Waals surface area (Å²) in [5.41, 5.74) is 1.67. The van der Waals surface area contributed by atoms with Crippen molar-refractivity contribution in [1.82, 2.24) is 0 Å². The van der Waals surface area contributed by atoms with Crippen LogP contribution in [0.2, 0.25) is 0 Å². The number of nitrogens with one attached hydrogen (secondary N) is 2. The largest absolute Gasteiger partial charge is 0.491 e. The van der Waals surface area contributed by atoms with E-state index in [0.717, 1.165) is 36.6 Å². The van der Waals surface area contributed by atoms with Crippen LogP contribution in [0.15, 0.2) is 54.6 Å². The lowest BCUT2D eigenvalue weighted by Gasteiger charge is -2.12. The summed E-state index contributed by atoms with van der Waals surface area (Å²) in [7, 11) is 0. The van der Waals surface area contributed by atoms with Crippen LogP contribution in [0.5, 0.6) is 5.75 Å². The number of anilines is 2. The summed E-state index contributed by atoms with van der Waals surface area (Å²) >= 11 is 0. The molecular weight excluding hydrogens is 304 g/mol. The summed E-state index contributed by atoms with van der Waals surface area (Å²) in [5, 5.41) is 5.93. The highest BCUT2D eigenvalue weighted by Gasteiger charge is 2.15. The van der Waals surface area contributed by atoms with Gasteiger partial charge < -0.3 is 20.1 Å². The number of hydrogen-bond donors (Lipinski definition) is 2. The van der Waals surface area contributed by atoms with Crippen molar-refractivity contribution in [3.05, 3.63) is 54.6 Å². The molecule has 1 aliphatic heterocycles. The van der Waals surface area contributed by atoms with Crippen LogP contribution < -0.4 is 15.4 Å². The van der Waals surface area contributed by atoms with Crippen molar-refractivity contribution in [1.29, 1.82) is 0 Å². The SMILES string of the molecule is O=C(CNc1ccccc1)Nc1ccc(OCC2CCCO2)cc1. The van der Waals surface area contributed by atoms with Crippen LogP contribution in [-0.2, 0) is 9.53 Å². The lowest BCUT2D eigenvalue weighted by Crippen LogP contribution is -2.21. The van der Waals surface area contributed by atoms with E-state index in [1.165, 1.54) is 0 Å². The Balaban J connectivity index is 1.42. The molecule has 1 amide bonds. The van der Waals surface area contributed by atoms with Crippen LogP contribution in [0.1, 0.15) is 12.8 Å². The molecule has 1 unspecified atom stereocenters. The van der Waals surface area contributed by atoms with E-state index < -0.39 is 0 Å². The Morgan fingerprint density at radius 3 is 2.58 bits per heavy atom. The first kappa shape index (κ1) is 16.3. The van der Waals surface area contributed by atoms with E-state index in [9.17, 15) is 4.79 Å². The van der Waals surface area contributed by atoms with Gasteiger partial charge >= 0.3 is 0 Å². The summed E-state index contributed by atoms with van der Waals surface area (Å²) in [6.07, 6.45) is 2.37. The molecule has 126 valence electrons. The summed E-state index contributed by atoms with van der Waals surface area (Å²) in [6, 6.07) is 17.0. The molecule has 0 aliphatic carbocycles. The second-order valence-corrected chi connectivity index (χ2v) is 5.74. The van der Waals surface area contributed by atoms with E-state index in [0.29, 0.717) is 6.61 Å². The second-order valence-electron chi connectivity index (χ2n) is 5.74. The van der Waals surface area contributed by atoms with Crippen LogP contribution in [-0.4, -0.2) is 31.8 Å². The van der Waals surface area contributed by atoms with E-state index in [1.54, 1.807) is 0 Å². The summed E-state index contributed by atoms with van der Waals surface area (Å²) in [5.74, 6) is 0.692. The topological polar surface area (TPSA) is 59.6 Å². The molecule has 0 aromatic heterocycles. The van der Waals surface area contributed by atoms with Crippen molar-refractivity contribution in [2.45, 2.75) is 18.9 Å². The molecule has 0 radical (unpaired) electrons. The smallest absolute Gasteiger partial charge is 0.243 e. The molecule has 2 aromatic carbocycles. The lowest BCUT2D eigenvalue weighted by atomic mass is 10.2. The third-order valence-electron chi connectivity index (χ3n) is 3.82. The van der Waals surface area contributed by atoms with E-state index >= 15 is 0 Å². The highest BCUT2D eigenvalue weighted by atomic mass is 16.5. The molecule has 1 aliphatic rings. The fourth-order valence-electron chi connectivity index (χ4n) is 2.54. The Hall–Kier alpha value is -2.53. The Kier molecular flexibility index (Phi) is 5.69. The quantitative estimate of drug-likeness (QED) is 0.820. The molecule has 0 spiro atoms. The minimum Gasteiger partial charge on any atom is -0.491 e. The number of benzene rings is 2. The number of amides is 1. The van der Waals surface area contributed by atoms with Gasteiger partial charge in [0.15, 0.2) is 0 Å². The van der Waals surface area contributed by atoms with Gasteiger partial charge in [0.05, 0.1) is 12.6 Å². The number of rotatable bonds is 7. The molecule has 1 atom stereocenters. The molecule has 5 heteroatoms. The van der Waals surface area contributed by atoms with Crippen LogP contribution in [0.3, 0.4) is 0 Å². The Bertz CT molecular complexity index is 637. The minimum absolute atomic E-state index is 0.0909. The van der Waals surface area contributed by atoms with E-state index in [2.05, 4.69) is 10.6 Å². The van der Waals surface area contributed by atoms with Crippen LogP contribution >= 0.6 is 0 Å². The van der Waals surface area contributed by atoms with Gasteiger partial charge in [-0.2, -0.15) is 0 Å². The molecular formula is C19H22N2O3. The Labute approximate surface area is 142 Å². The van der Waals surface area contributed by atoms with Crippen molar-refractivity contribution < 1.29 is 14.3 Å². The van der Waals surface area contributed by atoms with Gasteiger partial charge in [0, 0.05) is 18.0 Å². The molecule has 2 aromatic rings. The van der Waals surface area contributed by atoms with Gasteiger partial charge in [0.1, 0.15) is 12.4 Å². The first-order valence-electron chi connectivity index (χ1n) is 8.23. The zero-order valence-electron chi connectivity index (χ0n) is 13.5. The highest BCUT2D eigenvalue weighted by Crippen LogP contribution is 2.18. The van der Waals surface area contributed by atoms with Crippen molar-refractivity contribution in [2.24, 2.45) is 0 Å². The van der Waals surface area contributed by atoms with Gasteiger partial charge in [0.25, 0.3) is 0 Å². The number of ether oxygens (including phenoxy) is 2. The predicted octanol–water partition coefficient (Wildman–Crippen LogP) is 3.30. The van der Waals surface area contributed by atoms with E-state index in [1.807, 2.05) is 54.6 Å². The minimum atomic E-state index is -0.0909. The standard InChI is InChI=1S/C19H22N2O3/c22-19(13-20-15-5-2-1-3-6-15)21-16-8-10-17(11-9-16)24-14-18-7-4-12-23-18/h1-3,5-6,8-11,18,20H,4,7,12-14H2,(H,21,22). The highest BCUT2D eigenvalue weighted by molar-refractivity contribution is 5.93. The molecule has 1 fully saturated rings. The molecule has 1 heterocycles. The number of carbonyl (C=O) groups excluding carboxylic acids is 1. The molecule has 2 N–H and O–H groups in total. The zero-order chi connectivity index (χ0) is 16.6. The average molecular weight is 326 g/mol. The monoisotopic (exact) mass is 326 g/mol. The number of para-hydroxylation sites is 1. The van der Waals surface area contributed by atoms with Gasteiger partial charge in [-0.3, -0.25) is 4.79 Å². The van der Waals surface area contributed by atoms with Crippen molar-refractivity contribution in [3.8, 4) is 5.75 Å². The van der Waals surface area contributed by atoms with E-state index in [4.69, 9.17) is 9.47 Å². The van der Waals surface area contributed by atoms with Gasteiger partial charge in [-0.05, 0) is 49.2 Å². The Morgan fingerprint density at radius 1 is 1.08 bits per heavy atom. The van der Waals surface area contributed by atoms with Crippen LogP contribution in [0, 0.1) is 0 Å².